The number of fused-ring (bicyclic) bond motifs is 1. The summed E-state index contributed by atoms with van der Waals surface area (Å²) < 4.78 is 16.2. The second kappa shape index (κ2) is 13.3. The summed E-state index contributed by atoms with van der Waals surface area (Å²) in [5, 5.41) is 13.2. The van der Waals surface area contributed by atoms with E-state index in [9.17, 15) is 23.9 Å². The molecule has 236 valence electrons. The molecule has 13 heteroatoms. The number of H-pyrrole nitrogens is 1. The molecule has 45 heavy (non-hydrogen) atoms. The molecule has 2 saturated heterocycles. The number of imidazole rings is 1. The lowest BCUT2D eigenvalue weighted by molar-refractivity contribution is -0.133. The Hall–Kier alpha value is -3.84. The molecule has 2 aliphatic rings. The van der Waals surface area contributed by atoms with Gasteiger partial charge in [-0.2, -0.15) is 0 Å². The van der Waals surface area contributed by atoms with E-state index in [1.54, 1.807) is 38.6 Å². The van der Waals surface area contributed by atoms with Crippen molar-refractivity contribution < 1.29 is 19.1 Å². The van der Waals surface area contributed by atoms with Crippen molar-refractivity contribution in [1.29, 1.82) is 0 Å². The van der Waals surface area contributed by atoms with E-state index in [1.807, 2.05) is 24.3 Å². The van der Waals surface area contributed by atoms with E-state index in [0.29, 0.717) is 61.1 Å². The average Bonchev–Trinajstić information content (AvgIpc) is 3.39. The second-order valence-corrected chi connectivity index (χ2v) is 13.1. The first-order valence-electron chi connectivity index (χ1n) is 14.9. The van der Waals surface area contributed by atoms with Gasteiger partial charge in [-0.1, -0.05) is 12.1 Å². The van der Waals surface area contributed by atoms with E-state index >= 15 is 0 Å². The van der Waals surface area contributed by atoms with Crippen LogP contribution in [0, 0.1) is 5.82 Å². The highest BCUT2D eigenvalue weighted by Gasteiger charge is 2.32. The Morgan fingerprint density at radius 3 is 2.24 bits per heavy atom. The molecule has 3 heterocycles. The number of aromatic amines is 1. The van der Waals surface area contributed by atoms with E-state index in [1.165, 1.54) is 12.1 Å². The number of likely N-dealkylation sites (tertiary alicyclic amines) is 1. The fourth-order valence-corrected chi connectivity index (χ4v) is 7.51. The molecule has 0 saturated carbocycles. The molecule has 6 rings (SSSR count). The van der Waals surface area contributed by atoms with Crippen molar-refractivity contribution in [2.24, 2.45) is 0 Å². The van der Waals surface area contributed by atoms with Crippen LogP contribution in [-0.4, -0.2) is 81.7 Å². The number of piperidine rings is 1. The molecule has 0 aliphatic carbocycles. The van der Waals surface area contributed by atoms with E-state index in [0.717, 1.165) is 22.3 Å². The number of hydrogen-bond donors (Lipinski definition) is 3. The number of urea groups is 1. The van der Waals surface area contributed by atoms with Crippen LogP contribution in [0.25, 0.3) is 11.0 Å². The molecular formula is C32H33Br2FN6O4. The van der Waals surface area contributed by atoms with Gasteiger partial charge in [-0.15, -0.1) is 0 Å². The summed E-state index contributed by atoms with van der Waals surface area (Å²) in [5.41, 5.74) is 3.13. The number of carbonyl (C=O) groups excluding carboxylic acids is 2. The summed E-state index contributed by atoms with van der Waals surface area (Å²) in [6.45, 7) is 2.95. The molecule has 1 aromatic heterocycles. The predicted octanol–water partition coefficient (Wildman–Crippen LogP) is 5.01. The van der Waals surface area contributed by atoms with Crippen LogP contribution in [0.2, 0.25) is 0 Å². The first kappa shape index (κ1) is 31.2. The number of aromatic hydroxyl groups is 1. The Morgan fingerprint density at radius 1 is 0.933 bits per heavy atom. The quantitative estimate of drug-likeness (QED) is 0.257. The minimum atomic E-state index is -0.841. The van der Waals surface area contributed by atoms with Gasteiger partial charge >= 0.3 is 11.7 Å². The smallest absolute Gasteiger partial charge is 0.326 e. The number of amides is 3. The molecule has 10 nitrogen and oxygen atoms in total. The van der Waals surface area contributed by atoms with Gasteiger partial charge in [0, 0.05) is 57.4 Å². The Balaban J connectivity index is 1.14. The van der Waals surface area contributed by atoms with Crippen molar-refractivity contribution in [3.63, 3.8) is 0 Å². The molecule has 2 aliphatic heterocycles. The zero-order chi connectivity index (χ0) is 31.7. The number of phenolic OH excluding ortho intramolecular Hbond substituents is 1. The molecule has 0 unspecified atom stereocenters. The summed E-state index contributed by atoms with van der Waals surface area (Å²) >= 11 is 6.73. The average molecular weight is 744 g/mol. The lowest BCUT2D eigenvalue weighted by Gasteiger charge is -2.38. The maximum absolute atomic E-state index is 13.9. The summed E-state index contributed by atoms with van der Waals surface area (Å²) in [7, 11) is 0. The number of piperazine rings is 1. The number of rotatable bonds is 6. The monoisotopic (exact) mass is 742 g/mol. The largest absolute Gasteiger partial charge is 0.506 e. The molecule has 4 aromatic rings. The van der Waals surface area contributed by atoms with Crippen molar-refractivity contribution in [3.8, 4) is 5.75 Å². The molecule has 3 N–H and O–H groups in total. The zero-order valence-corrected chi connectivity index (χ0v) is 27.6. The Kier molecular flexibility index (Phi) is 9.18. The van der Waals surface area contributed by atoms with Gasteiger partial charge in [0.15, 0.2) is 0 Å². The maximum atomic E-state index is 13.9. The van der Waals surface area contributed by atoms with E-state index in [4.69, 9.17) is 0 Å². The van der Waals surface area contributed by atoms with Gasteiger partial charge in [0.25, 0.3) is 0 Å². The Bertz CT molecular complexity index is 1740. The standard InChI is InChI=1S/C32H33Br2FN6O4/c33-24-17-20(18-25(34)29(24)42)19-27(30(43)39-15-13-38(14-16-39)22-7-5-21(35)6-8-22)37-31(44)40-11-9-23(10-12-40)41-28-4-2-1-3-26(28)36-32(41)45/h1-8,17-18,23,27,42H,9-16,19H2,(H,36,45)(H,37,44)/t27-/m1/s1. The fourth-order valence-electron chi connectivity index (χ4n) is 6.23. The van der Waals surface area contributed by atoms with Crippen molar-refractivity contribution in [2.45, 2.75) is 31.3 Å². The molecule has 3 amide bonds. The molecule has 0 bridgehead atoms. The van der Waals surface area contributed by atoms with Gasteiger partial charge in [-0.25, -0.2) is 14.0 Å². The van der Waals surface area contributed by atoms with E-state index in [-0.39, 0.29) is 41.7 Å². The number of benzene rings is 3. The number of hydrogen-bond acceptors (Lipinski definition) is 5. The number of aromatic nitrogens is 2. The van der Waals surface area contributed by atoms with E-state index in [2.05, 4.69) is 47.1 Å². The van der Waals surface area contributed by atoms with Crippen LogP contribution in [0.5, 0.6) is 5.75 Å². The second-order valence-electron chi connectivity index (χ2n) is 11.4. The number of para-hydroxylation sites is 2. The van der Waals surface area contributed by atoms with Gasteiger partial charge in [-0.05, 0) is 98.8 Å². The lowest BCUT2D eigenvalue weighted by Crippen LogP contribution is -2.57. The molecule has 2 fully saturated rings. The van der Waals surface area contributed by atoms with Crippen LogP contribution in [-0.2, 0) is 11.2 Å². The van der Waals surface area contributed by atoms with Crippen LogP contribution in [0.1, 0.15) is 24.4 Å². The van der Waals surface area contributed by atoms with Crippen LogP contribution in [0.4, 0.5) is 14.9 Å². The third-order valence-corrected chi connectivity index (χ3v) is 9.85. The normalized spacial score (nSPS) is 16.6. The topological polar surface area (TPSA) is 114 Å². The minimum Gasteiger partial charge on any atom is -0.506 e. The highest BCUT2D eigenvalue weighted by Crippen LogP contribution is 2.34. The van der Waals surface area contributed by atoms with Gasteiger partial charge in [0.2, 0.25) is 5.91 Å². The number of halogens is 3. The fraction of sp³-hybridized carbons (Fsp3) is 0.344. The van der Waals surface area contributed by atoms with Crippen LogP contribution in [0.15, 0.2) is 74.4 Å². The zero-order valence-electron chi connectivity index (χ0n) is 24.4. The SMILES string of the molecule is O=C(N[C@H](Cc1cc(Br)c(O)c(Br)c1)C(=O)N1CCN(c2ccc(F)cc2)CC1)N1CCC(n2c(=O)[nH]c3ccccc32)CC1. The van der Waals surface area contributed by atoms with Gasteiger partial charge < -0.3 is 30.1 Å². The van der Waals surface area contributed by atoms with Crippen molar-refractivity contribution in [3.05, 3.63) is 91.5 Å². The third kappa shape index (κ3) is 6.74. The highest BCUT2D eigenvalue weighted by atomic mass is 79.9. The summed E-state index contributed by atoms with van der Waals surface area (Å²) in [6.07, 6.45) is 1.44. The summed E-state index contributed by atoms with van der Waals surface area (Å²) in [4.78, 5) is 48.7. The first-order valence-corrected chi connectivity index (χ1v) is 16.5. The van der Waals surface area contributed by atoms with Crippen molar-refractivity contribution in [1.82, 2.24) is 24.7 Å². The van der Waals surface area contributed by atoms with Crippen LogP contribution < -0.4 is 15.9 Å². The number of nitrogens with one attached hydrogen (secondary N) is 2. The molecular weight excluding hydrogens is 711 g/mol. The molecule has 1 atom stereocenters. The molecule has 3 aromatic carbocycles. The van der Waals surface area contributed by atoms with Crippen LogP contribution in [0.3, 0.4) is 0 Å². The summed E-state index contributed by atoms with van der Waals surface area (Å²) in [6, 6.07) is 16.2. The van der Waals surface area contributed by atoms with Gasteiger partial charge in [0.1, 0.15) is 17.6 Å². The highest BCUT2D eigenvalue weighted by molar-refractivity contribution is 9.11. The molecule has 0 radical (unpaired) electrons. The minimum absolute atomic E-state index is 0.0424. The molecule has 0 spiro atoms. The Labute approximate surface area is 276 Å². The van der Waals surface area contributed by atoms with Gasteiger partial charge in [0.05, 0.1) is 20.0 Å². The lowest BCUT2D eigenvalue weighted by atomic mass is 10.0. The first-order chi connectivity index (χ1) is 21.7. The van der Waals surface area contributed by atoms with Crippen molar-refractivity contribution in [2.75, 3.05) is 44.2 Å². The third-order valence-electron chi connectivity index (χ3n) is 8.64. The number of phenols is 1. The summed E-state index contributed by atoms with van der Waals surface area (Å²) in [5.74, 6) is -0.433. The Morgan fingerprint density at radius 2 is 1.58 bits per heavy atom. The van der Waals surface area contributed by atoms with E-state index < -0.39 is 6.04 Å². The predicted molar refractivity (Wildman–Crippen MR) is 177 cm³/mol. The number of carbonyl (C=O) groups is 2. The number of anilines is 1. The van der Waals surface area contributed by atoms with Crippen molar-refractivity contribution >= 4 is 60.5 Å². The maximum Gasteiger partial charge on any atom is 0.326 e. The van der Waals surface area contributed by atoms with Crippen LogP contribution >= 0.6 is 31.9 Å². The number of nitrogens with zero attached hydrogens (tertiary/aromatic N) is 4. The van der Waals surface area contributed by atoms with Gasteiger partial charge in [-0.3, -0.25) is 9.36 Å².